The minimum absolute atomic E-state index is 0.698. The monoisotopic (exact) mass is 744 g/mol. The van der Waals surface area contributed by atoms with Crippen LogP contribution >= 0.6 is 11.3 Å². The average molecular weight is 745 g/mol. The molecule has 5 heteroatoms. The summed E-state index contributed by atoms with van der Waals surface area (Å²) in [5, 5.41) is 7.63. The van der Waals surface area contributed by atoms with Crippen molar-refractivity contribution >= 4 is 75.1 Å². The quantitative estimate of drug-likeness (QED) is 0.176. The summed E-state index contributed by atoms with van der Waals surface area (Å²) in [4.78, 5) is 10.3. The van der Waals surface area contributed by atoms with E-state index in [4.69, 9.17) is 9.97 Å². The van der Waals surface area contributed by atoms with Gasteiger partial charge >= 0.3 is 0 Å². The van der Waals surface area contributed by atoms with Crippen LogP contribution in [-0.4, -0.2) is 19.1 Å². The largest absolute Gasteiger partial charge is 0.309 e. The van der Waals surface area contributed by atoms with Gasteiger partial charge in [-0.3, -0.25) is 0 Å². The van der Waals surface area contributed by atoms with Crippen molar-refractivity contribution < 1.29 is 0 Å². The molecule has 0 atom stereocenters. The first-order valence-electron chi connectivity index (χ1n) is 19.3. The van der Waals surface area contributed by atoms with Crippen LogP contribution in [0.2, 0.25) is 0 Å². The van der Waals surface area contributed by atoms with E-state index in [1.54, 1.807) is 0 Å². The second kappa shape index (κ2) is 12.6. The Labute approximate surface area is 332 Å². The molecule has 0 aliphatic carbocycles. The Balaban J connectivity index is 1.17. The fourth-order valence-electron chi connectivity index (χ4n) is 8.85. The Kier molecular flexibility index (Phi) is 7.06. The number of thiophene rings is 1. The second-order valence-electron chi connectivity index (χ2n) is 14.5. The summed E-state index contributed by atoms with van der Waals surface area (Å²) in [5.74, 6) is 0.698. The van der Waals surface area contributed by atoms with Crippen molar-refractivity contribution in [2.75, 3.05) is 0 Å². The Hall–Kier alpha value is -7.34. The lowest BCUT2D eigenvalue weighted by Gasteiger charge is -2.13. The minimum Gasteiger partial charge on any atom is -0.309 e. The Morgan fingerprint density at radius 2 is 0.860 bits per heavy atom. The van der Waals surface area contributed by atoms with Crippen LogP contribution in [0.3, 0.4) is 0 Å². The molecular weight excluding hydrogens is 713 g/mol. The van der Waals surface area contributed by atoms with E-state index in [2.05, 4.69) is 191 Å². The number of benzene rings is 8. The van der Waals surface area contributed by atoms with E-state index in [0.29, 0.717) is 5.82 Å². The molecule has 12 rings (SSSR count). The van der Waals surface area contributed by atoms with Crippen LogP contribution in [0.25, 0.3) is 109 Å². The van der Waals surface area contributed by atoms with Gasteiger partial charge in [-0.15, -0.1) is 11.3 Å². The van der Waals surface area contributed by atoms with Crippen molar-refractivity contribution in [3.8, 4) is 45.3 Å². The highest BCUT2D eigenvalue weighted by Gasteiger charge is 2.26. The second-order valence-corrected chi connectivity index (χ2v) is 15.6. The topological polar surface area (TPSA) is 35.6 Å². The molecule has 0 N–H and O–H groups in total. The van der Waals surface area contributed by atoms with E-state index in [1.165, 1.54) is 63.8 Å². The van der Waals surface area contributed by atoms with Crippen LogP contribution in [0.15, 0.2) is 194 Å². The predicted molar refractivity (Wildman–Crippen MR) is 240 cm³/mol. The molecule has 0 unspecified atom stereocenters. The number of hydrogen-bond acceptors (Lipinski definition) is 3. The molecule has 4 nitrogen and oxygen atoms in total. The molecule has 0 radical (unpaired) electrons. The van der Waals surface area contributed by atoms with Crippen LogP contribution in [0.4, 0.5) is 0 Å². The molecule has 266 valence electrons. The van der Waals surface area contributed by atoms with E-state index in [1.807, 2.05) is 23.5 Å². The fraction of sp³-hybridized carbons (Fsp3) is 0. The lowest BCUT2D eigenvalue weighted by molar-refractivity contribution is 1.17. The Bertz CT molecular complexity index is 3430. The van der Waals surface area contributed by atoms with Gasteiger partial charge in [-0.1, -0.05) is 133 Å². The van der Waals surface area contributed by atoms with Gasteiger partial charge in [0.2, 0.25) is 0 Å². The van der Waals surface area contributed by atoms with E-state index in [-0.39, 0.29) is 0 Å². The maximum Gasteiger partial charge on any atom is 0.160 e. The van der Waals surface area contributed by atoms with Crippen LogP contribution in [0.1, 0.15) is 0 Å². The zero-order valence-electron chi connectivity index (χ0n) is 30.7. The number of nitrogens with zero attached hydrogens (tertiary/aromatic N) is 4. The first-order valence-corrected chi connectivity index (χ1v) is 20.1. The van der Waals surface area contributed by atoms with E-state index in [9.17, 15) is 0 Å². The Morgan fingerprint density at radius 1 is 0.368 bits per heavy atom. The zero-order valence-corrected chi connectivity index (χ0v) is 31.5. The molecular formula is C52H32N4S. The molecule has 4 heterocycles. The highest BCUT2D eigenvalue weighted by Crippen LogP contribution is 2.51. The highest BCUT2D eigenvalue weighted by atomic mass is 32.1. The molecule has 0 amide bonds. The number of fused-ring (bicyclic) bond motifs is 12. The van der Waals surface area contributed by atoms with Gasteiger partial charge < -0.3 is 9.13 Å². The average Bonchev–Trinajstić information content (AvgIpc) is 3.95. The number of para-hydroxylation sites is 3. The lowest BCUT2D eigenvalue weighted by Crippen LogP contribution is -1.98. The molecule has 0 spiro atoms. The smallest absolute Gasteiger partial charge is 0.160 e. The predicted octanol–water partition coefficient (Wildman–Crippen LogP) is 14.0. The van der Waals surface area contributed by atoms with Crippen molar-refractivity contribution in [1.82, 2.24) is 19.1 Å². The maximum atomic E-state index is 5.14. The van der Waals surface area contributed by atoms with Gasteiger partial charge in [0.15, 0.2) is 5.82 Å². The molecule has 0 aliphatic rings. The molecule has 12 aromatic rings. The number of rotatable bonds is 5. The van der Waals surface area contributed by atoms with Gasteiger partial charge in [0.05, 0.1) is 38.2 Å². The molecule has 4 aromatic heterocycles. The summed E-state index contributed by atoms with van der Waals surface area (Å²) in [6.07, 6.45) is 0. The van der Waals surface area contributed by atoms with Gasteiger partial charge in [0.1, 0.15) is 0 Å². The van der Waals surface area contributed by atoms with Gasteiger partial charge in [-0.05, 0) is 60.7 Å². The van der Waals surface area contributed by atoms with E-state index >= 15 is 0 Å². The molecule has 57 heavy (non-hydrogen) atoms. The Morgan fingerprint density at radius 3 is 1.49 bits per heavy atom. The molecule has 0 saturated heterocycles. The van der Waals surface area contributed by atoms with Crippen molar-refractivity contribution in [3.63, 3.8) is 0 Å². The number of aromatic nitrogens is 4. The third-order valence-electron chi connectivity index (χ3n) is 11.3. The lowest BCUT2D eigenvalue weighted by atomic mass is 10.0. The minimum atomic E-state index is 0.698. The van der Waals surface area contributed by atoms with E-state index < -0.39 is 0 Å². The molecule has 0 fully saturated rings. The standard InChI is InChI=1S/C52H32N4S/c1-4-16-33(17-5-1)41-32-42(34-18-6-2-7-19-34)54-52(53-41)35-28-30-37(31-29-35)55-43-25-13-10-22-38(43)46-47-40-24-12-15-27-45(40)57-51(47)50-48(49(46)55)39-23-11-14-26-44(39)56(50)36-20-8-3-9-21-36/h1-32H. The van der Waals surface area contributed by atoms with Crippen LogP contribution in [0.5, 0.6) is 0 Å². The zero-order chi connectivity index (χ0) is 37.5. The van der Waals surface area contributed by atoms with E-state index in [0.717, 1.165) is 39.5 Å². The molecule has 0 bridgehead atoms. The van der Waals surface area contributed by atoms with Gasteiger partial charge in [-0.25, -0.2) is 9.97 Å². The van der Waals surface area contributed by atoms with Crippen molar-refractivity contribution in [2.45, 2.75) is 0 Å². The fourth-order valence-corrected chi connectivity index (χ4v) is 10.1. The third-order valence-corrected chi connectivity index (χ3v) is 12.5. The first kappa shape index (κ1) is 32.0. The van der Waals surface area contributed by atoms with Gasteiger partial charge in [-0.2, -0.15) is 0 Å². The normalized spacial score (nSPS) is 11.9. The van der Waals surface area contributed by atoms with Gasteiger partial charge in [0.25, 0.3) is 0 Å². The first-order chi connectivity index (χ1) is 28.3. The maximum absolute atomic E-state index is 5.14. The van der Waals surface area contributed by atoms with Crippen LogP contribution in [-0.2, 0) is 0 Å². The summed E-state index contributed by atoms with van der Waals surface area (Å²) in [7, 11) is 0. The van der Waals surface area contributed by atoms with Gasteiger partial charge in [0, 0.05) is 65.1 Å². The summed E-state index contributed by atoms with van der Waals surface area (Å²) >= 11 is 1.90. The van der Waals surface area contributed by atoms with Crippen LogP contribution in [0, 0.1) is 0 Å². The highest BCUT2D eigenvalue weighted by molar-refractivity contribution is 7.27. The van der Waals surface area contributed by atoms with Crippen molar-refractivity contribution in [3.05, 3.63) is 194 Å². The van der Waals surface area contributed by atoms with Crippen molar-refractivity contribution in [2.24, 2.45) is 0 Å². The van der Waals surface area contributed by atoms with Crippen LogP contribution < -0.4 is 0 Å². The molecule has 0 aliphatic heterocycles. The SMILES string of the molecule is c1ccc(-c2cc(-c3ccccc3)nc(-c3ccc(-n4c5ccccc5c5c6c7ccccc7sc6c6c(c7ccccc7n6-c6ccccc6)c54)cc3)n2)cc1. The summed E-state index contributed by atoms with van der Waals surface area (Å²) < 4.78 is 7.57. The summed E-state index contributed by atoms with van der Waals surface area (Å²) in [6.45, 7) is 0. The molecule has 8 aromatic carbocycles. The summed E-state index contributed by atoms with van der Waals surface area (Å²) in [5.41, 5.74) is 12.0. The summed E-state index contributed by atoms with van der Waals surface area (Å²) in [6, 6.07) is 69.1. The molecule has 0 saturated carbocycles. The van der Waals surface area contributed by atoms with Crippen molar-refractivity contribution in [1.29, 1.82) is 0 Å². The number of hydrogen-bond donors (Lipinski definition) is 0. The third kappa shape index (κ3) is 4.86.